The molecule has 0 bridgehead atoms. The third-order valence-electron chi connectivity index (χ3n) is 4.78. The van der Waals surface area contributed by atoms with Crippen LogP contribution < -0.4 is 15.4 Å². The predicted molar refractivity (Wildman–Crippen MR) is 138 cm³/mol. The van der Waals surface area contributed by atoms with Crippen LogP contribution in [-0.4, -0.2) is 57.6 Å². The van der Waals surface area contributed by atoms with Crippen molar-refractivity contribution < 1.29 is 9.53 Å². The summed E-state index contributed by atoms with van der Waals surface area (Å²) in [5.74, 6) is 1.92. The number of ether oxygens (including phenoxy) is 1. The summed E-state index contributed by atoms with van der Waals surface area (Å²) < 4.78 is 5.22. The normalized spacial score (nSPS) is 11.8. The number of hydrogen-bond acceptors (Lipinski definition) is 3. The van der Waals surface area contributed by atoms with Gasteiger partial charge in [-0.15, -0.1) is 24.0 Å². The van der Waals surface area contributed by atoms with Crippen LogP contribution in [0.2, 0.25) is 0 Å². The van der Waals surface area contributed by atoms with E-state index in [0.717, 1.165) is 31.7 Å². The molecule has 0 radical (unpaired) electrons. The zero-order chi connectivity index (χ0) is 21.8. The van der Waals surface area contributed by atoms with Crippen molar-refractivity contribution in [2.24, 2.45) is 10.9 Å². The zero-order valence-electron chi connectivity index (χ0n) is 18.9. The average Bonchev–Trinajstić information content (AvgIpc) is 2.76. The lowest BCUT2D eigenvalue weighted by Gasteiger charge is -2.17. The molecule has 31 heavy (non-hydrogen) atoms. The molecular weight excluding hydrogens is 503 g/mol. The highest BCUT2D eigenvalue weighted by molar-refractivity contribution is 14.0. The molecule has 0 aliphatic heterocycles. The number of likely N-dealkylation sites (N-methyl/N-ethyl adjacent to an activating group) is 1. The first-order valence-corrected chi connectivity index (χ1v) is 10.4. The van der Waals surface area contributed by atoms with Crippen molar-refractivity contribution in [3.8, 4) is 5.75 Å². The van der Waals surface area contributed by atoms with Crippen molar-refractivity contribution in [2.75, 3.05) is 40.8 Å². The Morgan fingerprint density at radius 2 is 1.71 bits per heavy atom. The molecule has 7 heteroatoms. The number of nitrogens with one attached hydrogen (secondary N) is 2. The maximum atomic E-state index is 11.9. The molecule has 0 aliphatic carbocycles. The van der Waals surface area contributed by atoms with E-state index in [1.807, 2.05) is 30.3 Å². The SMILES string of the molecule is COc1ccc(CC(C)CNC(=NCC(=O)N(C)C)NCCc2ccccc2)cc1.I. The second-order valence-corrected chi connectivity index (χ2v) is 7.65. The van der Waals surface area contributed by atoms with Crippen molar-refractivity contribution in [1.82, 2.24) is 15.5 Å². The van der Waals surface area contributed by atoms with Crippen LogP contribution in [0.1, 0.15) is 18.1 Å². The van der Waals surface area contributed by atoms with Gasteiger partial charge in [0.2, 0.25) is 5.91 Å². The lowest BCUT2D eigenvalue weighted by Crippen LogP contribution is -2.41. The second-order valence-electron chi connectivity index (χ2n) is 7.65. The largest absolute Gasteiger partial charge is 0.497 e. The number of methoxy groups -OCH3 is 1. The first-order valence-electron chi connectivity index (χ1n) is 10.4. The molecule has 0 saturated heterocycles. The minimum atomic E-state index is -0.0227. The molecule has 6 nitrogen and oxygen atoms in total. The van der Waals surface area contributed by atoms with Gasteiger partial charge in [0.25, 0.3) is 0 Å². The van der Waals surface area contributed by atoms with Gasteiger partial charge in [0.15, 0.2) is 5.96 Å². The van der Waals surface area contributed by atoms with Crippen LogP contribution in [-0.2, 0) is 17.6 Å². The number of carbonyl (C=O) groups is 1. The quantitative estimate of drug-likeness (QED) is 0.277. The van der Waals surface area contributed by atoms with Gasteiger partial charge < -0.3 is 20.3 Å². The van der Waals surface area contributed by atoms with E-state index in [4.69, 9.17) is 4.74 Å². The Hall–Kier alpha value is -2.29. The van der Waals surface area contributed by atoms with Crippen LogP contribution in [0, 0.1) is 5.92 Å². The van der Waals surface area contributed by atoms with Crippen molar-refractivity contribution in [3.63, 3.8) is 0 Å². The number of benzene rings is 2. The summed E-state index contributed by atoms with van der Waals surface area (Å²) >= 11 is 0. The van der Waals surface area contributed by atoms with Crippen molar-refractivity contribution in [1.29, 1.82) is 0 Å². The van der Waals surface area contributed by atoms with Crippen LogP contribution in [0.15, 0.2) is 59.6 Å². The fraction of sp³-hybridized carbons (Fsp3) is 0.417. The molecule has 2 N–H and O–H groups in total. The third kappa shape index (κ3) is 10.5. The van der Waals surface area contributed by atoms with Gasteiger partial charge in [0, 0.05) is 27.2 Å². The number of halogens is 1. The van der Waals surface area contributed by atoms with Crippen molar-refractivity contribution >= 4 is 35.8 Å². The smallest absolute Gasteiger partial charge is 0.243 e. The van der Waals surface area contributed by atoms with Crippen LogP contribution in [0.5, 0.6) is 5.75 Å². The fourth-order valence-corrected chi connectivity index (χ4v) is 2.94. The first-order chi connectivity index (χ1) is 14.5. The van der Waals surface area contributed by atoms with E-state index in [1.165, 1.54) is 11.1 Å². The molecule has 0 spiro atoms. The Balaban J connectivity index is 0.00000480. The first kappa shape index (κ1) is 26.7. The van der Waals surface area contributed by atoms with E-state index in [1.54, 1.807) is 26.1 Å². The average molecular weight is 538 g/mol. The van der Waals surface area contributed by atoms with E-state index in [9.17, 15) is 4.79 Å². The lowest BCUT2D eigenvalue weighted by molar-refractivity contribution is -0.127. The summed E-state index contributed by atoms with van der Waals surface area (Å²) in [5.41, 5.74) is 2.53. The maximum absolute atomic E-state index is 11.9. The zero-order valence-corrected chi connectivity index (χ0v) is 21.3. The van der Waals surface area contributed by atoms with Gasteiger partial charge in [0.05, 0.1) is 7.11 Å². The Bertz CT molecular complexity index is 795. The molecule has 0 fully saturated rings. The number of amides is 1. The number of rotatable bonds is 10. The molecule has 2 aromatic carbocycles. The van der Waals surface area contributed by atoms with Gasteiger partial charge in [-0.05, 0) is 42.0 Å². The highest BCUT2D eigenvalue weighted by atomic mass is 127. The Morgan fingerprint density at radius 3 is 2.32 bits per heavy atom. The molecule has 0 aliphatic rings. The minimum absolute atomic E-state index is 0. The topological polar surface area (TPSA) is 66.0 Å². The van der Waals surface area contributed by atoms with Crippen molar-refractivity contribution in [3.05, 3.63) is 65.7 Å². The molecule has 1 atom stereocenters. The Labute approximate surface area is 203 Å². The number of aliphatic imine (C=N–C) groups is 1. The highest BCUT2D eigenvalue weighted by Crippen LogP contribution is 2.14. The monoisotopic (exact) mass is 538 g/mol. The summed E-state index contributed by atoms with van der Waals surface area (Å²) in [6.07, 6.45) is 1.84. The number of carbonyl (C=O) groups excluding carboxylic acids is 1. The number of guanidine groups is 1. The highest BCUT2D eigenvalue weighted by Gasteiger charge is 2.08. The van der Waals surface area contributed by atoms with Crippen LogP contribution in [0.25, 0.3) is 0 Å². The van der Waals surface area contributed by atoms with E-state index in [0.29, 0.717) is 11.9 Å². The van der Waals surface area contributed by atoms with Crippen LogP contribution >= 0.6 is 24.0 Å². The summed E-state index contributed by atoms with van der Waals surface area (Å²) in [5, 5.41) is 6.73. The molecule has 2 aromatic rings. The Morgan fingerprint density at radius 1 is 1.03 bits per heavy atom. The Kier molecular flexibility index (Phi) is 12.7. The number of hydrogen-bond donors (Lipinski definition) is 2. The van der Waals surface area contributed by atoms with Crippen LogP contribution in [0.4, 0.5) is 0 Å². The standard InChI is InChI=1S/C24H34N4O2.HI/c1-19(16-21-10-12-22(30-4)13-11-21)17-26-24(27-18-23(29)28(2)3)25-15-14-20-8-6-5-7-9-20;/h5-13,19H,14-18H2,1-4H3,(H2,25,26,27);1H. The van der Waals surface area contributed by atoms with Gasteiger partial charge >= 0.3 is 0 Å². The predicted octanol–water partition coefficient (Wildman–Crippen LogP) is 3.36. The maximum Gasteiger partial charge on any atom is 0.243 e. The molecule has 1 amide bonds. The lowest BCUT2D eigenvalue weighted by atomic mass is 10.0. The molecule has 0 saturated carbocycles. The van der Waals surface area contributed by atoms with Crippen LogP contribution in [0.3, 0.4) is 0 Å². The van der Waals surface area contributed by atoms with E-state index >= 15 is 0 Å². The van der Waals surface area contributed by atoms with Crippen molar-refractivity contribution in [2.45, 2.75) is 19.8 Å². The van der Waals surface area contributed by atoms with Gasteiger partial charge in [0.1, 0.15) is 12.3 Å². The van der Waals surface area contributed by atoms with Gasteiger partial charge in [-0.1, -0.05) is 49.4 Å². The molecular formula is C24H35IN4O2. The molecule has 1 unspecified atom stereocenters. The van der Waals surface area contributed by atoms with Gasteiger partial charge in [-0.25, -0.2) is 4.99 Å². The summed E-state index contributed by atoms with van der Waals surface area (Å²) in [7, 11) is 5.16. The van der Waals surface area contributed by atoms with Gasteiger partial charge in [-0.3, -0.25) is 4.79 Å². The second kappa shape index (κ2) is 14.7. The molecule has 0 aromatic heterocycles. The van der Waals surface area contributed by atoms with E-state index in [2.05, 4.69) is 46.8 Å². The van der Waals surface area contributed by atoms with Gasteiger partial charge in [-0.2, -0.15) is 0 Å². The summed E-state index contributed by atoms with van der Waals surface area (Å²) in [4.78, 5) is 17.9. The van der Waals surface area contributed by atoms with E-state index < -0.39 is 0 Å². The molecule has 2 rings (SSSR count). The number of nitrogens with zero attached hydrogens (tertiary/aromatic N) is 2. The fourth-order valence-electron chi connectivity index (χ4n) is 2.94. The molecule has 170 valence electrons. The van der Waals surface area contributed by atoms with E-state index in [-0.39, 0.29) is 36.4 Å². The summed E-state index contributed by atoms with van der Waals surface area (Å²) in [6.45, 7) is 3.84. The minimum Gasteiger partial charge on any atom is -0.497 e. The third-order valence-corrected chi connectivity index (χ3v) is 4.78. The summed E-state index contributed by atoms with van der Waals surface area (Å²) in [6, 6.07) is 18.5. The molecule has 0 heterocycles.